The minimum atomic E-state index is -4.52. The van der Waals surface area contributed by atoms with Crippen LogP contribution in [0.3, 0.4) is 0 Å². The third-order valence-corrected chi connectivity index (χ3v) is 2.75. The Labute approximate surface area is 101 Å². The monoisotopic (exact) mass is 257 g/mol. The molecule has 0 spiro atoms. The largest absolute Gasteiger partial charge is 0.416 e. The molecule has 0 N–H and O–H groups in total. The molecule has 1 heterocycles. The SMILES string of the molecule is CCCN1C(=O)C(=O)c2cc(C(F)(F)F)ccc21. The van der Waals surface area contributed by atoms with Crippen LogP contribution < -0.4 is 4.90 Å². The number of amides is 1. The van der Waals surface area contributed by atoms with Crippen molar-refractivity contribution in [1.29, 1.82) is 0 Å². The second-order valence-electron chi connectivity index (χ2n) is 4.02. The zero-order valence-electron chi connectivity index (χ0n) is 9.54. The number of carbonyl (C=O) groups is 2. The molecule has 6 heteroatoms. The third-order valence-electron chi connectivity index (χ3n) is 2.75. The van der Waals surface area contributed by atoms with Crippen molar-refractivity contribution >= 4 is 17.4 Å². The van der Waals surface area contributed by atoms with Crippen LogP contribution in [-0.4, -0.2) is 18.2 Å². The van der Waals surface area contributed by atoms with Crippen LogP contribution in [0, 0.1) is 0 Å². The number of fused-ring (bicyclic) bond motifs is 1. The van der Waals surface area contributed by atoms with Gasteiger partial charge in [0.15, 0.2) is 0 Å². The van der Waals surface area contributed by atoms with E-state index < -0.39 is 23.4 Å². The summed E-state index contributed by atoms with van der Waals surface area (Å²) >= 11 is 0. The number of hydrogen-bond donors (Lipinski definition) is 0. The Bertz CT molecular complexity index is 523. The maximum absolute atomic E-state index is 12.5. The van der Waals surface area contributed by atoms with E-state index in [9.17, 15) is 22.8 Å². The molecule has 1 amide bonds. The van der Waals surface area contributed by atoms with Gasteiger partial charge in [0.25, 0.3) is 11.7 Å². The molecule has 0 aromatic heterocycles. The number of ketones is 1. The summed E-state index contributed by atoms with van der Waals surface area (Å²) in [5.41, 5.74) is -0.816. The number of benzene rings is 1. The quantitative estimate of drug-likeness (QED) is 0.764. The van der Waals surface area contributed by atoms with E-state index in [1.807, 2.05) is 6.92 Å². The van der Waals surface area contributed by atoms with E-state index in [2.05, 4.69) is 0 Å². The Morgan fingerprint density at radius 2 is 1.89 bits per heavy atom. The molecule has 0 unspecified atom stereocenters. The number of anilines is 1. The van der Waals surface area contributed by atoms with Crippen molar-refractivity contribution in [2.75, 3.05) is 11.4 Å². The van der Waals surface area contributed by atoms with Crippen molar-refractivity contribution in [3.63, 3.8) is 0 Å². The molecule has 1 aromatic rings. The molecule has 1 aromatic carbocycles. The molecule has 0 fully saturated rings. The van der Waals surface area contributed by atoms with Crippen LogP contribution in [-0.2, 0) is 11.0 Å². The van der Waals surface area contributed by atoms with Gasteiger partial charge < -0.3 is 4.90 Å². The normalized spacial score (nSPS) is 15.2. The van der Waals surface area contributed by atoms with Crippen LogP contribution in [0.15, 0.2) is 18.2 Å². The van der Waals surface area contributed by atoms with Gasteiger partial charge in [-0.1, -0.05) is 6.92 Å². The molecule has 0 bridgehead atoms. The summed E-state index contributed by atoms with van der Waals surface area (Å²) in [6.07, 6.45) is -3.89. The van der Waals surface area contributed by atoms with E-state index in [1.54, 1.807) is 0 Å². The molecule has 0 radical (unpaired) electrons. The van der Waals surface area contributed by atoms with Crippen LogP contribution in [0.5, 0.6) is 0 Å². The van der Waals surface area contributed by atoms with E-state index in [0.717, 1.165) is 12.1 Å². The van der Waals surface area contributed by atoms with E-state index in [1.165, 1.54) is 11.0 Å². The fourth-order valence-corrected chi connectivity index (χ4v) is 1.92. The highest BCUT2D eigenvalue weighted by Gasteiger charge is 2.38. The van der Waals surface area contributed by atoms with Gasteiger partial charge in [0.05, 0.1) is 16.8 Å². The van der Waals surface area contributed by atoms with Crippen molar-refractivity contribution in [2.24, 2.45) is 0 Å². The summed E-state index contributed by atoms with van der Waals surface area (Å²) in [5.74, 6) is -1.63. The van der Waals surface area contributed by atoms with Gasteiger partial charge in [-0.2, -0.15) is 13.2 Å². The molecule has 0 saturated heterocycles. The number of Topliss-reactive ketones (excluding diaryl/α,β-unsaturated/α-hetero) is 1. The summed E-state index contributed by atoms with van der Waals surface area (Å²) in [5, 5.41) is 0. The highest BCUT2D eigenvalue weighted by molar-refractivity contribution is 6.52. The van der Waals surface area contributed by atoms with Gasteiger partial charge >= 0.3 is 6.18 Å². The van der Waals surface area contributed by atoms with Gasteiger partial charge in [0.1, 0.15) is 0 Å². The van der Waals surface area contributed by atoms with Crippen LogP contribution in [0.4, 0.5) is 18.9 Å². The van der Waals surface area contributed by atoms with Gasteiger partial charge in [0, 0.05) is 6.54 Å². The lowest BCUT2D eigenvalue weighted by atomic mass is 10.1. The smallest absolute Gasteiger partial charge is 0.305 e. The number of carbonyl (C=O) groups excluding carboxylic acids is 2. The van der Waals surface area contributed by atoms with Gasteiger partial charge in [0.2, 0.25) is 0 Å². The molecule has 0 saturated carbocycles. The Balaban J connectivity index is 2.50. The van der Waals surface area contributed by atoms with Crippen LogP contribution in [0.1, 0.15) is 29.3 Å². The second-order valence-corrected chi connectivity index (χ2v) is 4.02. The van der Waals surface area contributed by atoms with Gasteiger partial charge in [-0.15, -0.1) is 0 Å². The predicted octanol–water partition coefficient (Wildman–Crippen LogP) is 2.64. The summed E-state index contributed by atoms with van der Waals surface area (Å²) < 4.78 is 37.5. The Hall–Kier alpha value is -1.85. The topological polar surface area (TPSA) is 37.4 Å². The number of halogens is 3. The maximum Gasteiger partial charge on any atom is 0.416 e. The molecule has 1 aliphatic rings. The molecule has 18 heavy (non-hydrogen) atoms. The summed E-state index contributed by atoms with van der Waals surface area (Å²) in [7, 11) is 0. The molecule has 0 atom stereocenters. The minimum absolute atomic E-state index is 0.164. The van der Waals surface area contributed by atoms with Crippen LogP contribution in [0.25, 0.3) is 0 Å². The molecule has 96 valence electrons. The first-order valence-electron chi connectivity index (χ1n) is 5.43. The zero-order valence-corrected chi connectivity index (χ0v) is 9.54. The van der Waals surface area contributed by atoms with Crippen LogP contribution >= 0.6 is 0 Å². The van der Waals surface area contributed by atoms with Crippen molar-refractivity contribution in [3.05, 3.63) is 29.3 Å². The molecule has 3 nitrogen and oxygen atoms in total. The zero-order chi connectivity index (χ0) is 13.5. The van der Waals surface area contributed by atoms with Crippen molar-refractivity contribution in [2.45, 2.75) is 19.5 Å². The maximum atomic E-state index is 12.5. The van der Waals surface area contributed by atoms with E-state index >= 15 is 0 Å². The van der Waals surface area contributed by atoms with Crippen molar-refractivity contribution in [1.82, 2.24) is 0 Å². The number of rotatable bonds is 2. The molecular weight excluding hydrogens is 247 g/mol. The molecule has 2 rings (SSSR count). The van der Waals surface area contributed by atoms with Crippen molar-refractivity contribution in [3.8, 4) is 0 Å². The second kappa shape index (κ2) is 4.12. The highest BCUT2D eigenvalue weighted by Crippen LogP contribution is 2.35. The fraction of sp³-hybridized carbons (Fsp3) is 0.333. The van der Waals surface area contributed by atoms with E-state index in [4.69, 9.17) is 0 Å². The Morgan fingerprint density at radius 3 is 2.44 bits per heavy atom. The third kappa shape index (κ3) is 1.87. The fourth-order valence-electron chi connectivity index (χ4n) is 1.92. The highest BCUT2D eigenvalue weighted by atomic mass is 19.4. The minimum Gasteiger partial charge on any atom is -0.305 e. The number of alkyl halides is 3. The van der Waals surface area contributed by atoms with Gasteiger partial charge in [-0.3, -0.25) is 9.59 Å². The van der Waals surface area contributed by atoms with E-state index in [0.29, 0.717) is 13.0 Å². The van der Waals surface area contributed by atoms with Crippen LogP contribution in [0.2, 0.25) is 0 Å². The first-order chi connectivity index (χ1) is 8.36. The lowest BCUT2D eigenvalue weighted by Crippen LogP contribution is -2.30. The van der Waals surface area contributed by atoms with Crippen molar-refractivity contribution < 1.29 is 22.8 Å². The van der Waals surface area contributed by atoms with Gasteiger partial charge in [-0.25, -0.2) is 0 Å². The summed E-state index contributed by atoms with van der Waals surface area (Å²) in [4.78, 5) is 24.4. The van der Waals surface area contributed by atoms with Gasteiger partial charge in [-0.05, 0) is 24.6 Å². The Morgan fingerprint density at radius 1 is 1.22 bits per heavy atom. The lowest BCUT2D eigenvalue weighted by Gasteiger charge is -2.15. The average molecular weight is 257 g/mol. The van der Waals surface area contributed by atoms with E-state index in [-0.39, 0.29) is 11.3 Å². The predicted molar refractivity (Wildman–Crippen MR) is 58.4 cm³/mol. The molecule has 0 aliphatic carbocycles. The Kier molecular flexibility index (Phi) is 2.88. The first-order valence-corrected chi connectivity index (χ1v) is 5.43. The first kappa shape index (κ1) is 12.6. The summed E-state index contributed by atoms with van der Waals surface area (Å²) in [6, 6.07) is 2.80. The number of hydrogen-bond acceptors (Lipinski definition) is 2. The standard InChI is InChI=1S/C12H10F3NO2/c1-2-5-16-9-4-3-7(12(13,14)15)6-8(9)10(17)11(16)18/h3-4,6H,2,5H2,1H3. The lowest BCUT2D eigenvalue weighted by molar-refractivity contribution is -0.137. The summed E-state index contributed by atoms with van der Waals surface area (Å²) in [6.45, 7) is 2.14. The number of nitrogens with zero attached hydrogens (tertiary/aromatic N) is 1. The molecule has 1 aliphatic heterocycles. The average Bonchev–Trinajstić information content (AvgIpc) is 2.54. The molecular formula is C12H10F3NO2.